The van der Waals surface area contributed by atoms with E-state index in [0.717, 1.165) is 17.4 Å². The first-order valence-electron chi connectivity index (χ1n) is 5.25. The van der Waals surface area contributed by atoms with E-state index < -0.39 is 37.9 Å². The number of hydrogen-bond donors (Lipinski definition) is 0. The van der Waals surface area contributed by atoms with E-state index in [1.165, 1.54) is 0 Å². The van der Waals surface area contributed by atoms with Crippen LogP contribution in [0, 0.1) is 11.6 Å². The van der Waals surface area contributed by atoms with Crippen molar-refractivity contribution in [2.75, 3.05) is 5.75 Å². The molecule has 1 aromatic heterocycles. The smallest absolute Gasteiger partial charge is 0.189 e. The van der Waals surface area contributed by atoms with Crippen LogP contribution in [0.2, 0.25) is 0 Å². The Hall–Kier alpha value is -1.12. The normalized spacial score (nSPS) is 11.6. The molecule has 0 saturated carbocycles. The molecule has 0 fully saturated rings. The summed E-state index contributed by atoms with van der Waals surface area (Å²) in [7, 11) is -4.01. The molecular weight excluding hydrogens is 374 g/mol. The largest absolute Gasteiger partial charge is 0.292 e. The van der Waals surface area contributed by atoms with Crippen LogP contribution in [0.15, 0.2) is 39.0 Å². The summed E-state index contributed by atoms with van der Waals surface area (Å²) < 4.78 is 50.3. The fourth-order valence-electron chi connectivity index (χ4n) is 1.48. The Morgan fingerprint density at radius 3 is 2.45 bits per heavy atom. The summed E-state index contributed by atoms with van der Waals surface area (Å²) in [6.45, 7) is 0. The topological polar surface area (TPSA) is 51.2 Å². The zero-order valence-corrected chi connectivity index (χ0v) is 13.0. The molecule has 3 nitrogen and oxygen atoms in total. The molecule has 0 radical (unpaired) electrons. The van der Waals surface area contributed by atoms with E-state index >= 15 is 0 Å². The predicted octanol–water partition coefficient (Wildman–Crippen LogP) is 3.45. The molecule has 0 amide bonds. The molecule has 0 spiro atoms. The molecule has 0 saturated heterocycles. The first-order valence-corrected chi connectivity index (χ1v) is 8.58. The average Bonchev–Trinajstić information content (AvgIpc) is 2.78. The highest BCUT2D eigenvalue weighted by atomic mass is 79.9. The lowest BCUT2D eigenvalue weighted by molar-refractivity contribution is 0.102. The molecule has 1 aromatic carbocycles. The van der Waals surface area contributed by atoms with E-state index in [9.17, 15) is 22.0 Å². The number of halogens is 3. The number of carbonyl (C=O) groups is 1. The summed E-state index contributed by atoms with van der Waals surface area (Å²) in [6, 6.07) is 3.85. The molecule has 0 N–H and O–H groups in total. The van der Waals surface area contributed by atoms with Crippen LogP contribution in [-0.2, 0) is 9.84 Å². The number of benzene rings is 1. The van der Waals surface area contributed by atoms with Crippen LogP contribution >= 0.6 is 27.3 Å². The fourth-order valence-corrected chi connectivity index (χ4v) is 4.32. The minimum Gasteiger partial charge on any atom is -0.292 e. The summed E-state index contributed by atoms with van der Waals surface area (Å²) >= 11 is 4.24. The molecule has 0 bridgehead atoms. The lowest BCUT2D eigenvalue weighted by Crippen LogP contribution is -2.16. The highest BCUT2D eigenvalue weighted by molar-refractivity contribution is 9.10. The number of ketones is 1. The molecule has 0 aliphatic carbocycles. The summed E-state index contributed by atoms with van der Waals surface area (Å²) in [5.41, 5.74) is 0. The van der Waals surface area contributed by atoms with Gasteiger partial charge in [-0.3, -0.25) is 4.79 Å². The van der Waals surface area contributed by atoms with Crippen molar-refractivity contribution in [2.24, 2.45) is 0 Å². The third kappa shape index (κ3) is 3.13. The van der Waals surface area contributed by atoms with Gasteiger partial charge >= 0.3 is 0 Å². The van der Waals surface area contributed by atoms with Gasteiger partial charge in [-0.05, 0) is 45.6 Å². The minimum atomic E-state index is -4.01. The first kappa shape index (κ1) is 15.3. The van der Waals surface area contributed by atoms with Gasteiger partial charge in [0.1, 0.15) is 5.75 Å². The average molecular weight is 381 g/mol. The Morgan fingerprint density at radius 1 is 1.20 bits per heavy atom. The molecule has 0 atom stereocenters. The van der Waals surface area contributed by atoms with Crippen molar-refractivity contribution in [1.29, 1.82) is 0 Å². The molecule has 2 aromatic rings. The quantitative estimate of drug-likeness (QED) is 0.602. The summed E-state index contributed by atoms with van der Waals surface area (Å²) in [4.78, 5) is 11.8. The summed E-state index contributed by atoms with van der Waals surface area (Å²) in [5, 5.41) is 1.64. The maximum absolute atomic E-state index is 13.1. The van der Waals surface area contributed by atoms with Crippen molar-refractivity contribution in [2.45, 2.75) is 4.90 Å². The second-order valence-electron chi connectivity index (χ2n) is 3.86. The Kier molecular flexibility index (Phi) is 4.36. The monoisotopic (exact) mass is 380 g/mol. The zero-order chi connectivity index (χ0) is 14.9. The van der Waals surface area contributed by atoms with Crippen LogP contribution in [0.3, 0.4) is 0 Å². The second-order valence-corrected chi connectivity index (χ2v) is 7.62. The Morgan fingerprint density at radius 2 is 1.90 bits per heavy atom. The second kappa shape index (κ2) is 5.71. The van der Waals surface area contributed by atoms with E-state index in [4.69, 9.17) is 0 Å². The van der Waals surface area contributed by atoms with Crippen LogP contribution in [0.1, 0.15) is 9.67 Å². The van der Waals surface area contributed by atoms with Crippen molar-refractivity contribution >= 4 is 42.9 Å². The SMILES string of the molecule is O=C(CS(=O)(=O)c1ccc(F)c(F)c1)c1sccc1Br. The van der Waals surface area contributed by atoms with Gasteiger partial charge in [-0.25, -0.2) is 17.2 Å². The highest BCUT2D eigenvalue weighted by Gasteiger charge is 2.23. The van der Waals surface area contributed by atoms with Gasteiger partial charge in [0.15, 0.2) is 27.3 Å². The maximum Gasteiger partial charge on any atom is 0.189 e. The molecule has 106 valence electrons. The first-order chi connectivity index (χ1) is 9.31. The summed E-state index contributed by atoms with van der Waals surface area (Å²) in [6.07, 6.45) is 0. The van der Waals surface area contributed by atoms with Crippen molar-refractivity contribution in [3.8, 4) is 0 Å². The predicted molar refractivity (Wildman–Crippen MR) is 74.8 cm³/mol. The van der Waals surface area contributed by atoms with Crippen molar-refractivity contribution in [3.05, 3.63) is 50.6 Å². The molecule has 0 aliphatic heterocycles. The van der Waals surface area contributed by atoms with E-state index in [2.05, 4.69) is 15.9 Å². The van der Waals surface area contributed by atoms with Gasteiger partial charge in [0.25, 0.3) is 0 Å². The van der Waals surface area contributed by atoms with Crippen molar-refractivity contribution in [1.82, 2.24) is 0 Å². The number of thiophene rings is 1. The van der Waals surface area contributed by atoms with E-state index in [0.29, 0.717) is 16.6 Å². The number of sulfone groups is 1. The Bertz CT molecular complexity index is 769. The number of hydrogen-bond acceptors (Lipinski definition) is 4. The van der Waals surface area contributed by atoms with Crippen LogP contribution in [0.5, 0.6) is 0 Å². The van der Waals surface area contributed by atoms with Crippen molar-refractivity contribution in [3.63, 3.8) is 0 Å². The third-order valence-corrected chi connectivity index (χ3v) is 5.93. The van der Waals surface area contributed by atoms with Gasteiger partial charge in [-0.15, -0.1) is 11.3 Å². The highest BCUT2D eigenvalue weighted by Crippen LogP contribution is 2.24. The third-order valence-electron chi connectivity index (χ3n) is 2.44. The Balaban J connectivity index is 2.30. The molecule has 0 unspecified atom stereocenters. The van der Waals surface area contributed by atoms with E-state index in [1.807, 2.05) is 0 Å². The molecular formula is C12H7BrF2O3S2. The van der Waals surface area contributed by atoms with E-state index in [-0.39, 0.29) is 4.88 Å². The van der Waals surface area contributed by atoms with E-state index in [1.54, 1.807) is 11.4 Å². The lowest BCUT2D eigenvalue weighted by Gasteiger charge is -2.04. The van der Waals surface area contributed by atoms with Gasteiger partial charge in [-0.2, -0.15) is 0 Å². The Labute approximate surface area is 126 Å². The van der Waals surface area contributed by atoms with Gasteiger partial charge in [0.05, 0.1) is 9.77 Å². The maximum atomic E-state index is 13.1. The lowest BCUT2D eigenvalue weighted by atomic mass is 10.3. The molecule has 1 heterocycles. The zero-order valence-electron chi connectivity index (χ0n) is 9.77. The molecule has 8 heteroatoms. The molecule has 0 aliphatic rings. The van der Waals surface area contributed by atoms with Gasteiger partial charge < -0.3 is 0 Å². The van der Waals surface area contributed by atoms with Crippen LogP contribution < -0.4 is 0 Å². The number of Topliss-reactive ketones (excluding diaryl/α,β-unsaturated/α-hetero) is 1. The minimum absolute atomic E-state index is 0.274. The van der Waals surface area contributed by atoms with Gasteiger partial charge in [0.2, 0.25) is 0 Å². The number of carbonyl (C=O) groups excluding carboxylic acids is 1. The molecule has 20 heavy (non-hydrogen) atoms. The van der Waals surface area contributed by atoms with Crippen LogP contribution in [0.25, 0.3) is 0 Å². The summed E-state index contributed by atoms with van der Waals surface area (Å²) in [5.74, 6) is -3.80. The van der Waals surface area contributed by atoms with Gasteiger partial charge in [-0.1, -0.05) is 0 Å². The van der Waals surface area contributed by atoms with Gasteiger partial charge in [0, 0.05) is 4.47 Å². The molecule has 2 rings (SSSR count). The fraction of sp³-hybridized carbons (Fsp3) is 0.0833. The van der Waals surface area contributed by atoms with Crippen LogP contribution in [-0.4, -0.2) is 20.0 Å². The standard InChI is InChI=1S/C12H7BrF2O3S2/c13-8-3-4-19-12(8)11(16)6-20(17,18)7-1-2-9(14)10(15)5-7/h1-5H,6H2. The number of rotatable bonds is 4. The van der Waals surface area contributed by atoms with Crippen molar-refractivity contribution < 1.29 is 22.0 Å². The van der Waals surface area contributed by atoms with Crippen LogP contribution in [0.4, 0.5) is 8.78 Å².